The molecule has 6 nitrogen and oxygen atoms in total. The normalized spacial score (nSPS) is 11.7. The van der Waals surface area contributed by atoms with Gasteiger partial charge in [0, 0.05) is 11.3 Å². The largest absolute Gasteiger partial charge is 0.416 e. The molecule has 0 spiro atoms. The van der Waals surface area contributed by atoms with E-state index in [1.54, 1.807) is 0 Å². The first-order valence-corrected chi connectivity index (χ1v) is 7.93. The quantitative estimate of drug-likeness (QED) is 0.498. The van der Waals surface area contributed by atoms with Gasteiger partial charge in [0.05, 0.1) is 5.56 Å². The molecule has 0 unspecified atom stereocenters. The number of benzene rings is 2. The van der Waals surface area contributed by atoms with E-state index in [1.807, 2.05) is 30.3 Å². The van der Waals surface area contributed by atoms with Gasteiger partial charge >= 0.3 is 6.18 Å². The minimum Gasteiger partial charge on any atom is -0.383 e. The van der Waals surface area contributed by atoms with E-state index in [1.165, 1.54) is 12.1 Å². The summed E-state index contributed by atoms with van der Waals surface area (Å²) in [5, 5.41) is 10.5. The van der Waals surface area contributed by atoms with Gasteiger partial charge < -0.3 is 11.1 Å². The summed E-state index contributed by atoms with van der Waals surface area (Å²) >= 11 is 0. The number of halogens is 3. The zero-order valence-electron chi connectivity index (χ0n) is 13.7. The van der Waals surface area contributed by atoms with Gasteiger partial charge in [-0.2, -0.15) is 18.3 Å². The van der Waals surface area contributed by atoms with Crippen molar-refractivity contribution < 1.29 is 13.2 Å². The molecule has 27 heavy (non-hydrogen) atoms. The van der Waals surface area contributed by atoms with Gasteiger partial charge in [-0.3, -0.25) is 5.10 Å². The summed E-state index contributed by atoms with van der Waals surface area (Å²) in [7, 11) is 0. The van der Waals surface area contributed by atoms with E-state index >= 15 is 0 Å². The van der Waals surface area contributed by atoms with Gasteiger partial charge in [0.2, 0.25) is 0 Å². The molecule has 0 bridgehead atoms. The van der Waals surface area contributed by atoms with Crippen LogP contribution in [0.15, 0.2) is 54.6 Å². The van der Waals surface area contributed by atoms with Crippen molar-refractivity contribution in [2.24, 2.45) is 0 Å². The minimum atomic E-state index is -4.45. The van der Waals surface area contributed by atoms with Crippen LogP contribution in [0, 0.1) is 0 Å². The number of para-hydroxylation sites is 1. The van der Waals surface area contributed by atoms with E-state index in [4.69, 9.17) is 5.73 Å². The molecule has 0 atom stereocenters. The number of anilines is 3. The summed E-state index contributed by atoms with van der Waals surface area (Å²) < 4.78 is 38.8. The summed E-state index contributed by atoms with van der Waals surface area (Å²) in [5.74, 6) is 0.630. The fraction of sp³-hybridized carbons (Fsp3) is 0.0556. The van der Waals surface area contributed by atoms with Crippen molar-refractivity contribution in [3.63, 3.8) is 0 Å². The molecule has 0 saturated heterocycles. The molecule has 0 saturated carbocycles. The van der Waals surface area contributed by atoms with Crippen molar-refractivity contribution in [2.45, 2.75) is 6.18 Å². The molecule has 0 radical (unpaired) electrons. The number of aromatic amines is 1. The number of nitrogens with two attached hydrogens (primary N) is 1. The van der Waals surface area contributed by atoms with Crippen molar-refractivity contribution >= 4 is 28.4 Å². The molecule has 0 aliphatic rings. The Morgan fingerprint density at radius 1 is 0.963 bits per heavy atom. The maximum atomic E-state index is 12.9. The lowest BCUT2D eigenvalue weighted by atomic mass is 10.1. The SMILES string of the molecule is Nc1nc(-c2cccc(C(F)(F)F)c2)nc2[nH]nc(Nc3ccccc3)c12. The van der Waals surface area contributed by atoms with E-state index in [0.29, 0.717) is 16.9 Å². The minimum absolute atomic E-state index is 0.0843. The smallest absolute Gasteiger partial charge is 0.383 e. The van der Waals surface area contributed by atoms with Crippen molar-refractivity contribution in [1.82, 2.24) is 20.2 Å². The Kier molecular flexibility index (Phi) is 3.91. The molecule has 2 aromatic heterocycles. The molecular weight excluding hydrogens is 357 g/mol. The van der Waals surface area contributed by atoms with E-state index in [2.05, 4.69) is 25.5 Å². The van der Waals surface area contributed by atoms with Crippen LogP contribution in [0.2, 0.25) is 0 Å². The second-order valence-corrected chi connectivity index (χ2v) is 5.80. The third kappa shape index (κ3) is 3.26. The van der Waals surface area contributed by atoms with Gasteiger partial charge in [-0.25, -0.2) is 9.97 Å². The molecule has 4 aromatic rings. The van der Waals surface area contributed by atoms with Crippen molar-refractivity contribution in [2.75, 3.05) is 11.1 Å². The van der Waals surface area contributed by atoms with Crippen molar-refractivity contribution in [1.29, 1.82) is 0 Å². The second-order valence-electron chi connectivity index (χ2n) is 5.80. The summed E-state index contributed by atoms with van der Waals surface area (Å²) in [4.78, 5) is 8.44. The van der Waals surface area contributed by atoms with Gasteiger partial charge in [0.25, 0.3) is 0 Å². The first-order valence-electron chi connectivity index (χ1n) is 7.93. The monoisotopic (exact) mass is 370 g/mol. The Morgan fingerprint density at radius 2 is 1.74 bits per heavy atom. The van der Waals surface area contributed by atoms with E-state index in [0.717, 1.165) is 17.8 Å². The third-order valence-corrected chi connectivity index (χ3v) is 3.93. The van der Waals surface area contributed by atoms with Crippen LogP contribution >= 0.6 is 0 Å². The number of alkyl halides is 3. The van der Waals surface area contributed by atoms with Crippen LogP contribution in [-0.2, 0) is 6.18 Å². The maximum absolute atomic E-state index is 12.9. The standard InChI is InChI=1S/C18H13F3N6/c19-18(20,21)11-6-4-5-10(9-11)15-24-14(22)13-16(26-27-17(13)25-15)23-12-7-2-1-3-8-12/h1-9H,(H4,22,23,24,25,26,27). The molecule has 4 N–H and O–H groups in total. The number of aromatic nitrogens is 4. The third-order valence-electron chi connectivity index (χ3n) is 3.93. The molecule has 0 aliphatic heterocycles. The first kappa shape index (κ1) is 16.8. The molecule has 0 amide bonds. The topological polar surface area (TPSA) is 92.5 Å². The molecule has 136 valence electrons. The predicted octanol–water partition coefficient (Wildman–Crippen LogP) is 4.36. The van der Waals surface area contributed by atoms with Gasteiger partial charge in [0.1, 0.15) is 11.2 Å². The van der Waals surface area contributed by atoms with Crippen LogP contribution < -0.4 is 11.1 Å². The predicted molar refractivity (Wildman–Crippen MR) is 96.3 cm³/mol. The van der Waals surface area contributed by atoms with Gasteiger partial charge in [-0.05, 0) is 24.3 Å². The lowest BCUT2D eigenvalue weighted by Crippen LogP contribution is -2.05. The number of nitrogen functional groups attached to an aromatic ring is 1. The van der Waals surface area contributed by atoms with Gasteiger partial charge in [-0.15, -0.1) is 0 Å². The lowest BCUT2D eigenvalue weighted by Gasteiger charge is -2.09. The number of H-pyrrole nitrogens is 1. The number of rotatable bonds is 3. The molecular formula is C18H13F3N6. The van der Waals surface area contributed by atoms with E-state index in [-0.39, 0.29) is 17.2 Å². The van der Waals surface area contributed by atoms with Crippen molar-refractivity contribution in [3.8, 4) is 11.4 Å². The molecule has 0 fully saturated rings. The van der Waals surface area contributed by atoms with Crippen LogP contribution in [0.1, 0.15) is 5.56 Å². The zero-order valence-corrected chi connectivity index (χ0v) is 13.7. The first-order chi connectivity index (χ1) is 12.9. The Morgan fingerprint density at radius 3 is 2.48 bits per heavy atom. The van der Waals surface area contributed by atoms with Crippen LogP contribution in [0.4, 0.5) is 30.5 Å². The Labute approximate surface area is 151 Å². The van der Waals surface area contributed by atoms with Crippen LogP contribution in [0.3, 0.4) is 0 Å². The molecule has 4 rings (SSSR count). The maximum Gasteiger partial charge on any atom is 0.416 e. The molecule has 0 aliphatic carbocycles. The highest BCUT2D eigenvalue weighted by molar-refractivity contribution is 5.97. The number of nitrogens with one attached hydrogen (secondary N) is 2. The average Bonchev–Trinajstić information content (AvgIpc) is 3.05. The Hall–Kier alpha value is -3.62. The highest BCUT2D eigenvalue weighted by Crippen LogP contribution is 2.33. The van der Waals surface area contributed by atoms with Crippen LogP contribution in [0.25, 0.3) is 22.4 Å². The number of nitrogens with zero attached hydrogens (tertiary/aromatic N) is 3. The molecule has 2 aromatic carbocycles. The summed E-state index contributed by atoms with van der Waals surface area (Å²) in [5.41, 5.74) is 6.60. The fourth-order valence-corrected chi connectivity index (χ4v) is 2.67. The second kappa shape index (κ2) is 6.27. The summed E-state index contributed by atoms with van der Waals surface area (Å²) in [6, 6.07) is 14.1. The highest BCUT2D eigenvalue weighted by atomic mass is 19.4. The average molecular weight is 370 g/mol. The molecule has 2 heterocycles. The summed E-state index contributed by atoms with van der Waals surface area (Å²) in [6.07, 6.45) is -4.45. The number of fused-ring (bicyclic) bond motifs is 1. The Balaban J connectivity index is 1.76. The van der Waals surface area contributed by atoms with Crippen LogP contribution in [0.5, 0.6) is 0 Å². The number of hydrogen-bond acceptors (Lipinski definition) is 5. The van der Waals surface area contributed by atoms with Gasteiger partial charge in [0.15, 0.2) is 17.3 Å². The lowest BCUT2D eigenvalue weighted by molar-refractivity contribution is -0.137. The fourth-order valence-electron chi connectivity index (χ4n) is 2.67. The van der Waals surface area contributed by atoms with Gasteiger partial charge in [-0.1, -0.05) is 30.3 Å². The van der Waals surface area contributed by atoms with E-state index in [9.17, 15) is 13.2 Å². The van der Waals surface area contributed by atoms with Crippen LogP contribution in [-0.4, -0.2) is 20.2 Å². The Bertz CT molecular complexity index is 1110. The highest BCUT2D eigenvalue weighted by Gasteiger charge is 2.30. The van der Waals surface area contributed by atoms with E-state index < -0.39 is 11.7 Å². The molecule has 9 heteroatoms. The summed E-state index contributed by atoms with van der Waals surface area (Å²) in [6.45, 7) is 0. The zero-order chi connectivity index (χ0) is 19.0. The van der Waals surface area contributed by atoms with Crippen molar-refractivity contribution in [3.05, 3.63) is 60.2 Å². The number of hydrogen-bond donors (Lipinski definition) is 3.